The van der Waals surface area contributed by atoms with Crippen LogP contribution in [0.1, 0.15) is 22.5 Å². The number of rotatable bonds is 8. The lowest BCUT2D eigenvalue weighted by Crippen LogP contribution is -2.15. The monoisotopic (exact) mass is 458 g/mol. The Morgan fingerprint density at radius 3 is 2.45 bits per heavy atom. The smallest absolute Gasteiger partial charge is 0.234 e. The molecular weight excluding hydrogens is 432 g/mol. The van der Waals surface area contributed by atoms with E-state index in [1.807, 2.05) is 92.1 Å². The minimum Gasteiger partial charge on any atom is -0.485 e. The molecule has 1 aromatic heterocycles. The molecular formula is C26H26N4O2S. The summed E-state index contributed by atoms with van der Waals surface area (Å²) in [5.41, 5.74) is 5.00. The molecule has 1 heterocycles. The van der Waals surface area contributed by atoms with Crippen molar-refractivity contribution in [2.24, 2.45) is 0 Å². The van der Waals surface area contributed by atoms with E-state index in [0.717, 1.165) is 33.8 Å². The average Bonchev–Trinajstić information content (AvgIpc) is 3.22. The molecule has 0 bridgehead atoms. The van der Waals surface area contributed by atoms with Gasteiger partial charge in [0.05, 0.1) is 5.75 Å². The van der Waals surface area contributed by atoms with Gasteiger partial charge in [-0.05, 0) is 56.2 Å². The number of anilines is 1. The first-order chi connectivity index (χ1) is 16.0. The van der Waals surface area contributed by atoms with E-state index < -0.39 is 0 Å². The van der Waals surface area contributed by atoms with Crippen molar-refractivity contribution in [3.63, 3.8) is 0 Å². The summed E-state index contributed by atoms with van der Waals surface area (Å²) in [7, 11) is 0. The molecule has 0 radical (unpaired) electrons. The Hall–Kier alpha value is -3.58. The van der Waals surface area contributed by atoms with Gasteiger partial charge in [-0.2, -0.15) is 0 Å². The second kappa shape index (κ2) is 10.4. The maximum absolute atomic E-state index is 12.6. The van der Waals surface area contributed by atoms with Crippen molar-refractivity contribution >= 4 is 23.4 Å². The third-order valence-corrected chi connectivity index (χ3v) is 6.08. The van der Waals surface area contributed by atoms with E-state index in [0.29, 0.717) is 11.0 Å². The predicted molar refractivity (Wildman–Crippen MR) is 132 cm³/mol. The SMILES string of the molecule is Cc1ccc(NC(=O)CSc2nnc(COc3ccccc3C)n2-c2ccccc2)c(C)c1. The van der Waals surface area contributed by atoms with Crippen LogP contribution in [0.3, 0.4) is 0 Å². The number of nitrogens with one attached hydrogen (secondary N) is 1. The number of ether oxygens (including phenoxy) is 1. The van der Waals surface area contributed by atoms with Crippen molar-refractivity contribution < 1.29 is 9.53 Å². The van der Waals surface area contributed by atoms with Gasteiger partial charge in [-0.25, -0.2) is 0 Å². The Bertz CT molecular complexity index is 1250. The topological polar surface area (TPSA) is 69.0 Å². The number of nitrogens with zero attached hydrogens (tertiary/aromatic N) is 3. The van der Waals surface area contributed by atoms with Gasteiger partial charge in [-0.15, -0.1) is 10.2 Å². The molecule has 0 spiro atoms. The highest BCUT2D eigenvalue weighted by molar-refractivity contribution is 7.99. The molecule has 6 nitrogen and oxygen atoms in total. The fourth-order valence-corrected chi connectivity index (χ4v) is 4.23. The molecule has 3 aromatic carbocycles. The van der Waals surface area contributed by atoms with Crippen molar-refractivity contribution in [2.45, 2.75) is 32.5 Å². The number of hydrogen-bond donors (Lipinski definition) is 1. The number of amides is 1. The Kier molecular flexibility index (Phi) is 7.10. The molecule has 0 saturated carbocycles. The highest BCUT2D eigenvalue weighted by Gasteiger charge is 2.17. The van der Waals surface area contributed by atoms with E-state index >= 15 is 0 Å². The quantitative estimate of drug-likeness (QED) is 0.353. The summed E-state index contributed by atoms with van der Waals surface area (Å²) < 4.78 is 7.95. The van der Waals surface area contributed by atoms with Crippen LogP contribution in [0.2, 0.25) is 0 Å². The lowest BCUT2D eigenvalue weighted by Gasteiger charge is -2.12. The minimum absolute atomic E-state index is 0.0905. The second-order valence-electron chi connectivity index (χ2n) is 7.78. The van der Waals surface area contributed by atoms with Gasteiger partial charge in [0.25, 0.3) is 0 Å². The zero-order chi connectivity index (χ0) is 23.2. The molecule has 1 N–H and O–H groups in total. The summed E-state index contributed by atoms with van der Waals surface area (Å²) >= 11 is 1.35. The first-order valence-corrected chi connectivity index (χ1v) is 11.7. The van der Waals surface area contributed by atoms with Crippen LogP contribution in [-0.4, -0.2) is 26.4 Å². The molecule has 0 aliphatic heterocycles. The molecule has 0 aliphatic carbocycles. The second-order valence-corrected chi connectivity index (χ2v) is 8.72. The number of carbonyl (C=O) groups is 1. The van der Waals surface area contributed by atoms with E-state index in [1.54, 1.807) is 0 Å². The van der Waals surface area contributed by atoms with Crippen LogP contribution in [0.5, 0.6) is 5.75 Å². The Labute approximate surface area is 198 Å². The van der Waals surface area contributed by atoms with Crippen LogP contribution < -0.4 is 10.1 Å². The molecule has 1 amide bonds. The summed E-state index contributed by atoms with van der Waals surface area (Å²) in [5, 5.41) is 12.3. The largest absolute Gasteiger partial charge is 0.485 e. The third-order valence-electron chi connectivity index (χ3n) is 5.15. The molecule has 0 fully saturated rings. The van der Waals surface area contributed by atoms with Crippen molar-refractivity contribution in [1.82, 2.24) is 14.8 Å². The molecule has 0 unspecified atom stereocenters. The highest BCUT2D eigenvalue weighted by Crippen LogP contribution is 2.24. The lowest BCUT2D eigenvalue weighted by atomic mass is 10.1. The molecule has 33 heavy (non-hydrogen) atoms. The van der Waals surface area contributed by atoms with Gasteiger partial charge in [0.15, 0.2) is 11.0 Å². The zero-order valence-electron chi connectivity index (χ0n) is 18.9. The van der Waals surface area contributed by atoms with Gasteiger partial charge >= 0.3 is 0 Å². The molecule has 7 heteroatoms. The molecule has 4 rings (SSSR count). The number of para-hydroxylation sites is 2. The van der Waals surface area contributed by atoms with Gasteiger partial charge in [0.1, 0.15) is 12.4 Å². The zero-order valence-corrected chi connectivity index (χ0v) is 19.7. The predicted octanol–water partition coefficient (Wildman–Crippen LogP) is 5.50. The maximum Gasteiger partial charge on any atom is 0.234 e. The van der Waals surface area contributed by atoms with Gasteiger partial charge < -0.3 is 10.1 Å². The first kappa shape index (κ1) is 22.6. The van der Waals surface area contributed by atoms with Gasteiger partial charge in [0, 0.05) is 11.4 Å². The average molecular weight is 459 g/mol. The summed E-state index contributed by atoms with van der Waals surface area (Å²) in [4.78, 5) is 12.6. The fourth-order valence-electron chi connectivity index (χ4n) is 3.45. The van der Waals surface area contributed by atoms with Gasteiger partial charge in [-0.3, -0.25) is 9.36 Å². The Morgan fingerprint density at radius 2 is 1.70 bits per heavy atom. The van der Waals surface area contributed by atoms with Crippen molar-refractivity contribution in [3.8, 4) is 11.4 Å². The van der Waals surface area contributed by atoms with Gasteiger partial charge in [0.2, 0.25) is 5.91 Å². The van der Waals surface area contributed by atoms with E-state index in [9.17, 15) is 4.79 Å². The van der Waals surface area contributed by atoms with Crippen LogP contribution in [0.15, 0.2) is 78.0 Å². The van der Waals surface area contributed by atoms with Crippen molar-refractivity contribution in [3.05, 3.63) is 95.3 Å². The summed E-state index contributed by atoms with van der Waals surface area (Å²) in [6.45, 7) is 6.29. The van der Waals surface area contributed by atoms with Crippen LogP contribution in [0.25, 0.3) is 5.69 Å². The number of benzene rings is 3. The molecule has 4 aromatic rings. The van der Waals surface area contributed by atoms with Crippen LogP contribution in [0.4, 0.5) is 5.69 Å². The van der Waals surface area contributed by atoms with Crippen LogP contribution >= 0.6 is 11.8 Å². The van der Waals surface area contributed by atoms with Crippen LogP contribution in [-0.2, 0) is 11.4 Å². The van der Waals surface area contributed by atoms with Gasteiger partial charge in [-0.1, -0.05) is 65.9 Å². The fraction of sp³-hybridized carbons (Fsp3) is 0.192. The third kappa shape index (κ3) is 5.62. The maximum atomic E-state index is 12.6. The summed E-state index contributed by atoms with van der Waals surface area (Å²) in [5.74, 6) is 1.60. The molecule has 0 atom stereocenters. The Morgan fingerprint density at radius 1 is 0.939 bits per heavy atom. The summed E-state index contributed by atoms with van der Waals surface area (Å²) in [6.07, 6.45) is 0. The van der Waals surface area contributed by atoms with Crippen LogP contribution in [0, 0.1) is 20.8 Å². The number of carbonyl (C=O) groups excluding carboxylic acids is 1. The molecule has 168 valence electrons. The van der Waals surface area contributed by atoms with E-state index in [-0.39, 0.29) is 18.3 Å². The normalized spacial score (nSPS) is 10.8. The molecule has 0 saturated heterocycles. The molecule has 0 aliphatic rings. The van der Waals surface area contributed by atoms with E-state index in [1.165, 1.54) is 11.8 Å². The number of hydrogen-bond acceptors (Lipinski definition) is 5. The number of thioether (sulfide) groups is 1. The highest BCUT2D eigenvalue weighted by atomic mass is 32.2. The number of aromatic nitrogens is 3. The van der Waals surface area contributed by atoms with Crippen molar-refractivity contribution in [1.29, 1.82) is 0 Å². The van der Waals surface area contributed by atoms with E-state index in [4.69, 9.17) is 4.74 Å². The van der Waals surface area contributed by atoms with Crippen molar-refractivity contribution in [2.75, 3.05) is 11.1 Å². The standard InChI is InChI=1S/C26H26N4O2S/c1-18-13-14-22(20(3)15-18)27-25(31)17-33-26-29-28-24(30(26)21-10-5-4-6-11-21)16-32-23-12-8-7-9-19(23)2/h4-15H,16-17H2,1-3H3,(H,27,31). The summed E-state index contributed by atoms with van der Waals surface area (Å²) in [6, 6.07) is 23.7. The number of aryl methyl sites for hydroxylation is 3. The minimum atomic E-state index is -0.0905. The van der Waals surface area contributed by atoms with E-state index in [2.05, 4.69) is 21.6 Å². The lowest BCUT2D eigenvalue weighted by molar-refractivity contribution is -0.113. The Balaban J connectivity index is 1.50. The first-order valence-electron chi connectivity index (χ1n) is 10.7.